The highest BCUT2D eigenvalue weighted by molar-refractivity contribution is 6.30. The van der Waals surface area contributed by atoms with Crippen molar-refractivity contribution in [1.29, 1.82) is 0 Å². The molecule has 7 heteroatoms. The Labute approximate surface area is 169 Å². The van der Waals surface area contributed by atoms with Crippen molar-refractivity contribution in [3.8, 4) is 0 Å². The van der Waals surface area contributed by atoms with E-state index in [9.17, 15) is 9.59 Å². The number of carbonyl (C=O) groups excluding carboxylic acids is 2. The molecule has 0 radical (unpaired) electrons. The highest BCUT2D eigenvalue weighted by Crippen LogP contribution is 2.36. The second kappa shape index (κ2) is 8.30. The third-order valence-corrected chi connectivity index (χ3v) is 5.29. The Morgan fingerprint density at radius 2 is 1.96 bits per heavy atom. The van der Waals surface area contributed by atoms with E-state index in [0.29, 0.717) is 18.1 Å². The lowest BCUT2D eigenvalue weighted by Gasteiger charge is -2.39. The van der Waals surface area contributed by atoms with Crippen molar-refractivity contribution in [3.63, 3.8) is 0 Å². The van der Waals surface area contributed by atoms with Gasteiger partial charge >= 0.3 is 0 Å². The van der Waals surface area contributed by atoms with Crippen LogP contribution in [0.4, 0.5) is 5.69 Å². The third-order valence-electron chi connectivity index (χ3n) is 5.06. The van der Waals surface area contributed by atoms with Crippen LogP contribution in [-0.2, 0) is 9.59 Å². The second-order valence-corrected chi connectivity index (χ2v) is 7.14. The minimum atomic E-state index is -0.445. The van der Waals surface area contributed by atoms with E-state index in [4.69, 9.17) is 11.6 Å². The zero-order valence-electron chi connectivity index (χ0n) is 14.7. The van der Waals surface area contributed by atoms with E-state index in [2.05, 4.69) is 10.6 Å². The molecule has 27 heavy (non-hydrogen) atoms. The Balaban J connectivity index is 0.00000210. The number of hydrogen-bond donors (Lipinski definition) is 2. The Hall–Kier alpha value is -2.08. The van der Waals surface area contributed by atoms with Crippen molar-refractivity contribution in [2.24, 2.45) is 0 Å². The molecule has 2 N–H and O–H groups in total. The van der Waals surface area contributed by atoms with Crippen LogP contribution in [0.3, 0.4) is 0 Å². The van der Waals surface area contributed by atoms with Crippen LogP contribution in [0.1, 0.15) is 29.5 Å². The van der Waals surface area contributed by atoms with E-state index < -0.39 is 5.92 Å². The molecule has 2 heterocycles. The van der Waals surface area contributed by atoms with Crippen molar-refractivity contribution in [2.75, 3.05) is 25.0 Å². The maximum Gasteiger partial charge on any atom is 0.231 e. The summed E-state index contributed by atoms with van der Waals surface area (Å²) in [4.78, 5) is 27.4. The maximum absolute atomic E-state index is 13.4. The molecule has 0 spiro atoms. The van der Waals surface area contributed by atoms with Gasteiger partial charge in [0.1, 0.15) is 0 Å². The number of piperazine rings is 1. The first kappa shape index (κ1) is 19.7. The van der Waals surface area contributed by atoms with Crippen LogP contribution in [0, 0.1) is 0 Å². The van der Waals surface area contributed by atoms with E-state index in [1.165, 1.54) is 0 Å². The SMILES string of the molecule is Cl.O=C1CC(C(=O)N2CCNCC2c2cccc(Cl)c2)c2ccccc2N1. The number of halogens is 2. The molecule has 0 aromatic heterocycles. The van der Waals surface area contributed by atoms with Crippen LogP contribution in [-0.4, -0.2) is 36.3 Å². The smallest absolute Gasteiger partial charge is 0.231 e. The van der Waals surface area contributed by atoms with Gasteiger partial charge in [-0.3, -0.25) is 9.59 Å². The molecular formula is C20H21Cl2N3O2. The van der Waals surface area contributed by atoms with Gasteiger partial charge in [-0.15, -0.1) is 12.4 Å². The molecule has 142 valence electrons. The first-order valence-corrected chi connectivity index (χ1v) is 9.17. The molecule has 0 bridgehead atoms. The van der Waals surface area contributed by atoms with Gasteiger partial charge in [0.2, 0.25) is 11.8 Å². The number of para-hydroxylation sites is 1. The average molecular weight is 406 g/mol. The fourth-order valence-electron chi connectivity index (χ4n) is 3.81. The summed E-state index contributed by atoms with van der Waals surface area (Å²) < 4.78 is 0. The lowest BCUT2D eigenvalue weighted by molar-refractivity contribution is -0.138. The Kier molecular flexibility index (Phi) is 6.05. The highest BCUT2D eigenvalue weighted by atomic mass is 35.5. The predicted molar refractivity (Wildman–Crippen MR) is 108 cm³/mol. The summed E-state index contributed by atoms with van der Waals surface area (Å²) in [7, 11) is 0. The molecule has 0 aliphatic carbocycles. The molecule has 2 aromatic rings. The van der Waals surface area contributed by atoms with E-state index in [1.807, 2.05) is 53.4 Å². The van der Waals surface area contributed by atoms with E-state index >= 15 is 0 Å². The molecule has 2 aromatic carbocycles. The van der Waals surface area contributed by atoms with Crippen molar-refractivity contribution < 1.29 is 9.59 Å². The van der Waals surface area contributed by atoms with Crippen LogP contribution in [0.15, 0.2) is 48.5 Å². The maximum atomic E-state index is 13.4. The van der Waals surface area contributed by atoms with E-state index in [1.54, 1.807) is 0 Å². The number of amides is 2. The number of fused-ring (bicyclic) bond motifs is 1. The summed E-state index contributed by atoms with van der Waals surface area (Å²) in [5.41, 5.74) is 2.63. The monoisotopic (exact) mass is 405 g/mol. The Bertz CT molecular complexity index is 859. The van der Waals surface area contributed by atoms with Gasteiger partial charge in [-0.2, -0.15) is 0 Å². The number of carbonyl (C=O) groups is 2. The lowest BCUT2D eigenvalue weighted by atomic mass is 9.88. The average Bonchev–Trinajstić information content (AvgIpc) is 2.67. The zero-order chi connectivity index (χ0) is 18.1. The fraction of sp³-hybridized carbons (Fsp3) is 0.300. The summed E-state index contributed by atoms with van der Waals surface area (Å²) in [6, 6.07) is 15.1. The Morgan fingerprint density at radius 3 is 2.78 bits per heavy atom. The molecule has 2 aliphatic rings. The molecule has 1 saturated heterocycles. The number of rotatable bonds is 2. The second-order valence-electron chi connectivity index (χ2n) is 6.70. The molecule has 1 fully saturated rings. The van der Waals surface area contributed by atoms with Crippen molar-refractivity contribution in [3.05, 3.63) is 64.7 Å². The van der Waals surface area contributed by atoms with Crippen LogP contribution in [0.2, 0.25) is 5.02 Å². The van der Waals surface area contributed by atoms with Gasteiger partial charge < -0.3 is 15.5 Å². The first-order chi connectivity index (χ1) is 12.6. The van der Waals surface area contributed by atoms with Gasteiger partial charge in [0.25, 0.3) is 0 Å². The number of hydrogen-bond acceptors (Lipinski definition) is 3. The summed E-state index contributed by atoms with van der Waals surface area (Å²) in [6.07, 6.45) is 0.183. The molecule has 2 amide bonds. The topological polar surface area (TPSA) is 61.4 Å². The fourth-order valence-corrected chi connectivity index (χ4v) is 4.01. The largest absolute Gasteiger partial charge is 0.333 e. The van der Waals surface area contributed by atoms with Gasteiger partial charge in [-0.1, -0.05) is 41.9 Å². The van der Waals surface area contributed by atoms with Crippen LogP contribution in [0.25, 0.3) is 0 Å². The van der Waals surface area contributed by atoms with Gasteiger partial charge in [-0.25, -0.2) is 0 Å². The standard InChI is InChI=1S/C20H20ClN3O2.ClH/c21-14-5-3-4-13(10-14)18-12-22-8-9-24(18)20(26)16-11-19(25)23-17-7-2-1-6-15(16)17;/h1-7,10,16,18,22H,8-9,11-12H2,(H,23,25);1H. The van der Waals surface area contributed by atoms with Gasteiger partial charge in [-0.05, 0) is 29.3 Å². The normalized spacial score (nSPS) is 21.7. The zero-order valence-corrected chi connectivity index (χ0v) is 16.2. The number of anilines is 1. The Morgan fingerprint density at radius 1 is 1.15 bits per heavy atom. The van der Waals surface area contributed by atoms with E-state index in [-0.39, 0.29) is 36.7 Å². The van der Waals surface area contributed by atoms with Crippen LogP contribution in [0.5, 0.6) is 0 Å². The predicted octanol–water partition coefficient (Wildman–Crippen LogP) is 3.36. The molecule has 5 nitrogen and oxygen atoms in total. The summed E-state index contributed by atoms with van der Waals surface area (Å²) in [6.45, 7) is 2.02. The molecule has 0 saturated carbocycles. The minimum Gasteiger partial charge on any atom is -0.333 e. The number of nitrogens with one attached hydrogen (secondary N) is 2. The number of benzene rings is 2. The van der Waals surface area contributed by atoms with Crippen molar-refractivity contribution >= 4 is 41.5 Å². The van der Waals surface area contributed by atoms with Crippen molar-refractivity contribution in [1.82, 2.24) is 10.2 Å². The van der Waals surface area contributed by atoms with Crippen LogP contribution < -0.4 is 10.6 Å². The van der Waals surface area contributed by atoms with E-state index in [0.717, 1.165) is 23.4 Å². The molecule has 2 atom stereocenters. The highest BCUT2D eigenvalue weighted by Gasteiger charge is 2.37. The molecule has 2 aliphatic heterocycles. The lowest BCUT2D eigenvalue weighted by Crippen LogP contribution is -2.50. The molecule has 4 rings (SSSR count). The quantitative estimate of drug-likeness (QED) is 0.804. The van der Waals surface area contributed by atoms with Gasteiger partial charge in [0.15, 0.2) is 0 Å². The summed E-state index contributed by atoms with van der Waals surface area (Å²) >= 11 is 6.15. The van der Waals surface area contributed by atoms with Crippen LogP contribution >= 0.6 is 24.0 Å². The molecular weight excluding hydrogens is 385 g/mol. The first-order valence-electron chi connectivity index (χ1n) is 8.79. The third kappa shape index (κ3) is 3.95. The van der Waals surface area contributed by atoms with Crippen molar-refractivity contribution in [2.45, 2.75) is 18.4 Å². The summed E-state index contributed by atoms with van der Waals surface area (Å²) in [5.74, 6) is -0.560. The minimum absolute atomic E-state index is 0. The summed E-state index contributed by atoms with van der Waals surface area (Å²) in [5, 5.41) is 6.87. The van der Waals surface area contributed by atoms with Gasteiger partial charge in [0.05, 0.1) is 12.0 Å². The molecule has 2 unspecified atom stereocenters. The van der Waals surface area contributed by atoms with Gasteiger partial charge in [0, 0.05) is 36.8 Å². The number of nitrogens with zero attached hydrogens (tertiary/aromatic N) is 1.